The zero-order chi connectivity index (χ0) is 19.8. The van der Waals surface area contributed by atoms with Gasteiger partial charge in [-0.3, -0.25) is 10.1 Å². The molecule has 3 aromatic rings. The summed E-state index contributed by atoms with van der Waals surface area (Å²) in [7, 11) is 1.49. The van der Waals surface area contributed by atoms with E-state index < -0.39 is 12.1 Å². The minimum absolute atomic E-state index is 0.0944. The number of carbonyl (C=O) groups is 2. The van der Waals surface area contributed by atoms with Crippen molar-refractivity contribution in [3.63, 3.8) is 0 Å². The van der Waals surface area contributed by atoms with Crippen LogP contribution < -0.4 is 16.0 Å². The van der Waals surface area contributed by atoms with Crippen LogP contribution in [-0.2, 0) is 4.79 Å². The van der Waals surface area contributed by atoms with Crippen molar-refractivity contribution < 1.29 is 14.9 Å². The fourth-order valence-corrected chi connectivity index (χ4v) is 3.19. The second-order valence-corrected chi connectivity index (χ2v) is 6.45. The van der Waals surface area contributed by atoms with Crippen molar-refractivity contribution >= 4 is 11.9 Å². The molecule has 5 nitrogen and oxygen atoms in total. The molecule has 0 aliphatic carbocycles. The number of imide groups is 1. The van der Waals surface area contributed by atoms with Crippen LogP contribution in [0.2, 0.25) is 0 Å². The lowest BCUT2D eigenvalue weighted by molar-refractivity contribution is -0.713. The molecule has 0 aromatic heterocycles. The molecule has 0 unspecified atom stereocenters. The lowest BCUT2D eigenvalue weighted by atomic mass is 9.96. The van der Waals surface area contributed by atoms with E-state index in [-0.39, 0.29) is 11.9 Å². The van der Waals surface area contributed by atoms with Crippen LogP contribution in [-0.4, -0.2) is 19.0 Å². The predicted molar refractivity (Wildman–Crippen MR) is 108 cm³/mol. The first kappa shape index (κ1) is 19.3. The molecule has 4 N–H and O–H groups in total. The monoisotopic (exact) mass is 374 g/mol. The quantitative estimate of drug-likeness (QED) is 0.620. The number of quaternary nitrogens is 1. The maximum absolute atomic E-state index is 12.9. The van der Waals surface area contributed by atoms with Gasteiger partial charge in [0, 0.05) is 23.7 Å². The number of benzene rings is 3. The van der Waals surface area contributed by atoms with Crippen molar-refractivity contribution in [2.24, 2.45) is 0 Å². The van der Waals surface area contributed by atoms with Crippen LogP contribution in [0.1, 0.15) is 28.8 Å². The van der Waals surface area contributed by atoms with E-state index in [1.54, 1.807) is 0 Å². The SMILES string of the molecule is CNC(=O)NC(=O)[C@@H]([NH2+]C(c1ccccc1)c1ccccc1)c1ccccc1. The van der Waals surface area contributed by atoms with Crippen molar-refractivity contribution in [3.8, 4) is 0 Å². The molecule has 142 valence electrons. The summed E-state index contributed by atoms with van der Waals surface area (Å²) in [5, 5.41) is 6.85. The Morgan fingerprint density at radius 2 is 1.14 bits per heavy atom. The van der Waals surface area contributed by atoms with Crippen LogP contribution in [0.25, 0.3) is 0 Å². The van der Waals surface area contributed by atoms with Gasteiger partial charge in [0.2, 0.25) is 0 Å². The largest absolute Gasteiger partial charge is 0.341 e. The average Bonchev–Trinajstić information content (AvgIpc) is 2.76. The molecule has 0 saturated carbocycles. The normalized spacial score (nSPS) is 11.6. The van der Waals surface area contributed by atoms with Gasteiger partial charge in [-0.15, -0.1) is 0 Å². The lowest BCUT2D eigenvalue weighted by Gasteiger charge is -2.23. The summed E-state index contributed by atoms with van der Waals surface area (Å²) < 4.78 is 0. The van der Waals surface area contributed by atoms with E-state index in [0.29, 0.717) is 0 Å². The van der Waals surface area contributed by atoms with Gasteiger partial charge >= 0.3 is 6.03 Å². The number of carbonyl (C=O) groups excluding carboxylic acids is 2. The Hall–Kier alpha value is -3.44. The van der Waals surface area contributed by atoms with Crippen molar-refractivity contribution in [2.45, 2.75) is 12.1 Å². The molecule has 0 radical (unpaired) electrons. The Labute approximate surface area is 164 Å². The topological polar surface area (TPSA) is 74.8 Å². The Kier molecular flexibility index (Phi) is 6.54. The van der Waals surface area contributed by atoms with E-state index >= 15 is 0 Å². The minimum Gasteiger partial charge on any atom is -0.341 e. The summed E-state index contributed by atoms with van der Waals surface area (Å²) in [5.41, 5.74) is 3.01. The zero-order valence-electron chi connectivity index (χ0n) is 15.7. The van der Waals surface area contributed by atoms with Crippen molar-refractivity contribution in [1.29, 1.82) is 0 Å². The number of hydrogen-bond donors (Lipinski definition) is 3. The summed E-state index contributed by atoms with van der Waals surface area (Å²) in [4.78, 5) is 24.6. The highest BCUT2D eigenvalue weighted by Gasteiger charge is 2.30. The Morgan fingerprint density at radius 3 is 1.57 bits per heavy atom. The summed E-state index contributed by atoms with van der Waals surface area (Å²) in [6.07, 6.45) is 0. The number of hydrogen-bond acceptors (Lipinski definition) is 2. The van der Waals surface area contributed by atoms with E-state index in [9.17, 15) is 9.59 Å². The van der Waals surface area contributed by atoms with Gasteiger partial charge in [0.25, 0.3) is 5.91 Å². The first-order valence-electron chi connectivity index (χ1n) is 9.21. The molecule has 28 heavy (non-hydrogen) atoms. The smallest absolute Gasteiger partial charge is 0.321 e. The van der Waals surface area contributed by atoms with Crippen LogP contribution >= 0.6 is 0 Å². The second-order valence-electron chi connectivity index (χ2n) is 6.45. The summed E-state index contributed by atoms with van der Waals surface area (Å²) in [5.74, 6) is -0.359. The third-order valence-electron chi connectivity index (χ3n) is 4.61. The molecule has 0 saturated heterocycles. The van der Waals surface area contributed by atoms with Crippen molar-refractivity contribution in [3.05, 3.63) is 108 Å². The maximum Gasteiger partial charge on any atom is 0.321 e. The van der Waals surface area contributed by atoms with Gasteiger partial charge in [-0.1, -0.05) is 91.0 Å². The summed E-state index contributed by atoms with van der Waals surface area (Å²) in [6.45, 7) is 0. The van der Waals surface area contributed by atoms with Crippen LogP contribution in [0.4, 0.5) is 4.79 Å². The van der Waals surface area contributed by atoms with Gasteiger partial charge < -0.3 is 10.6 Å². The van der Waals surface area contributed by atoms with Gasteiger partial charge in [-0.2, -0.15) is 0 Å². The highest BCUT2D eigenvalue weighted by Crippen LogP contribution is 2.20. The predicted octanol–water partition coefficient (Wildman–Crippen LogP) is 2.54. The Balaban J connectivity index is 1.98. The van der Waals surface area contributed by atoms with Crippen molar-refractivity contribution in [1.82, 2.24) is 10.6 Å². The lowest BCUT2D eigenvalue weighted by Crippen LogP contribution is -2.88. The average molecular weight is 374 g/mol. The van der Waals surface area contributed by atoms with Crippen LogP contribution in [0, 0.1) is 0 Å². The highest BCUT2D eigenvalue weighted by molar-refractivity contribution is 5.96. The molecule has 1 atom stereocenters. The molecule has 3 rings (SSSR count). The molecule has 3 amide bonds. The Morgan fingerprint density at radius 1 is 0.714 bits per heavy atom. The van der Waals surface area contributed by atoms with E-state index in [2.05, 4.69) is 10.6 Å². The summed E-state index contributed by atoms with van der Waals surface area (Å²) in [6, 6.07) is 28.4. The fourth-order valence-electron chi connectivity index (χ4n) is 3.19. The van der Waals surface area contributed by atoms with E-state index in [4.69, 9.17) is 0 Å². The number of nitrogens with two attached hydrogens (primary N) is 1. The van der Waals surface area contributed by atoms with E-state index in [1.165, 1.54) is 7.05 Å². The van der Waals surface area contributed by atoms with Gasteiger partial charge in [-0.05, 0) is 0 Å². The number of rotatable bonds is 6. The van der Waals surface area contributed by atoms with Crippen LogP contribution in [0.3, 0.4) is 0 Å². The van der Waals surface area contributed by atoms with Gasteiger partial charge in [0.15, 0.2) is 6.04 Å². The van der Waals surface area contributed by atoms with Crippen LogP contribution in [0.15, 0.2) is 91.0 Å². The third-order valence-corrected chi connectivity index (χ3v) is 4.61. The molecule has 0 bridgehead atoms. The second kappa shape index (κ2) is 9.48. The minimum atomic E-state index is -0.580. The van der Waals surface area contributed by atoms with Gasteiger partial charge in [-0.25, -0.2) is 4.79 Å². The number of amides is 3. The van der Waals surface area contributed by atoms with Gasteiger partial charge in [0.1, 0.15) is 6.04 Å². The fraction of sp³-hybridized carbons (Fsp3) is 0.130. The molecular formula is C23H24N3O2+. The number of nitrogens with one attached hydrogen (secondary N) is 2. The summed E-state index contributed by atoms with van der Waals surface area (Å²) >= 11 is 0. The van der Waals surface area contributed by atoms with Crippen molar-refractivity contribution in [2.75, 3.05) is 7.05 Å². The first-order valence-corrected chi connectivity index (χ1v) is 9.21. The molecule has 3 aromatic carbocycles. The molecule has 5 heteroatoms. The third kappa shape index (κ3) is 4.84. The van der Waals surface area contributed by atoms with Crippen LogP contribution in [0.5, 0.6) is 0 Å². The number of urea groups is 1. The maximum atomic E-state index is 12.9. The molecule has 0 aliphatic rings. The molecule has 0 fully saturated rings. The highest BCUT2D eigenvalue weighted by atomic mass is 16.2. The zero-order valence-corrected chi connectivity index (χ0v) is 15.7. The Bertz CT molecular complexity index is 859. The molecular weight excluding hydrogens is 350 g/mol. The van der Waals surface area contributed by atoms with E-state index in [0.717, 1.165) is 16.7 Å². The molecule has 0 heterocycles. The standard InChI is InChI=1S/C23H23N3O2/c1-24-23(28)26-22(27)21(19-15-9-4-10-16-19)25-20(17-11-5-2-6-12-17)18-13-7-3-8-14-18/h2-16,20-21,25H,1H3,(H2,24,26,27,28)/p+1/t21-/m0/s1. The first-order chi connectivity index (χ1) is 13.7. The molecule has 0 aliphatic heterocycles. The van der Waals surface area contributed by atoms with E-state index in [1.807, 2.05) is 96.3 Å². The van der Waals surface area contributed by atoms with Gasteiger partial charge in [0.05, 0.1) is 0 Å². The molecule has 0 spiro atoms.